The molecule has 1 aromatic heterocycles. The van der Waals surface area contributed by atoms with Crippen LogP contribution in [0.5, 0.6) is 0 Å². The Hall–Kier alpha value is -2.32. The molecule has 0 aromatic carbocycles. The van der Waals surface area contributed by atoms with Gasteiger partial charge in [-0.25, -0.2) is 0 Å². The molecule has 1 amide bonds. The third kappa shape index (κ3) is 6.18. The number of cyclic esters (lactones) is 1. The van der Waals surface area contributed by atoms with Gasteiger partial charge in [-0.1, -0.05) is 6.92 Å². The van der Waals surface area contributed by atoms with Crippen LogP contribution in [0.25, 0.3) is 0 Å². The van der Waals surface area contributed by atoms with Crippen LogP contribution in [0, 0.1) is 11.8 Å². The fraction of sp³-hybridized carbons (Fsp3) is 0.680. The van der Waals surface area contributed by atoms with E-state index in [4.69, 9.17) is 9.47 Å². The Kier molecular flexibility index (Phi) is 8.59. The van der Waals surface area contributed by atoms with Crippen molar-refractivity contribution in [3.63, 3.8) is 0 Å². The number of likely N-dealkylation sites (tertiary alicyclic amines) is 1. The molecule has 182 valence electrons. The molecule has 3 unspecified atom stereocenters. The van der Waals surface area contributed by atoms with Crippen molar-refractivity contribution in [2.24, 2.45) is 11.8 Å². The number of hydrogen-bond acceptors (Lipinski definition) is 7. The minimum atomic E-state index is -0.782. The van der Waals surface area contributed by atoms with Gasteiger partial charge in [0.2, 0.25) is 0 Å². The maximum Gasteiger partial charge on any atom is 0.316 e. The van der Waals surface area contributed by atoms with Gasteiger partial charge in [0.25, 0.3) is 5.91 Å². The molecule has 0 N–H and O–H groups in total. The highest BCUT2D eigenvalue weighted by atomic mass is 16.5. The second kappa shape index (κ2) is 11.2. The number of esters is 1. The zero-order chi connectivity index (χ0) is 24.0. The van der Waals surface area contributed by atoms with Gasteiger partial charge in [-0.3, -0.25) is 24.3 Å². The van der Waals surface area contributed by atoms with Crippen molar-refractivity contribution in [3.05, 3.63) is 30.1 Å². The topological polar surface area (TPSA) is 89.0 Å². The zero-order valence-electron chi connectivity index (χ0n) is 20.3. The van der Waals surface area contributed by atoms with Crippen molar-refractivity contribution < 1.29 is 23.9 Å². The van der Waals surface area contributed by atoms with Gasteiger partial charge in [0.05, 0.1) is 17.2 Å². The van der Waals surface area contributed by atoms with Gasteiger partial charge < -0.3 is 14.4 Å². The average Bonchev–Trinajstić information content (AvgIpc) is 2.84. The summed E-state index contributed by atoms with van der Waals surface area (Å²) in [6, 6.07) is 3.54. The number of methoxy groups -OCH3 is 1. The van der Waals surface area contributed by atoms with Crippen LogP contribution in [-0.4, -0.2) is 84.5 Å². The quantitative estimate of drug-likeness (QED) is 0.496. The Morgan fingerprint density at radius 3 is 2.61 bits per heavy atom. The number of carbonyl (C=O) groups is 3. The predicted octanol–water partition coefficient (Wildman–Crippen LogP) is 2.57. The summed E-state index contributed by atoms with van der Waals surface area (Å²) in [4.78, 5) is 46.3. The maximum absolute atomic E-state index is 12.9. The lowest BCUT2D eigenvalue weighted by atomic mass is 9.85. The minimum absolute atomic E-state index is 0.0174. The van der Waals surface area contributed by atoms with Crippen LogP contribution in [0.15, 0.2) is 24.5 Å². The number of piperidine rings is 1. The fourth-order valence-corrected chi connectivity index (χ4v) is 4.93. The molecule has 3 rings (SSSR count). The third-order valence-electron chi connectivity index (χ3n) is 7.32. The van der Waals surface area contributed by atoms with E-state index in [1.165, 1.54) is 0 Å². The molecule has 0 radical (unpaired) electrons. The van der Waals surface area contributed by atoms with E-state index in [-0.39, 0.29) is 29.9 Å². The van der Waals surface area contributed by atoms with E-state index in [0.29, 0.717) is 50.3 Å². The smallest absolute Gasteiger partial charge is 0.316 e. The van der Waals surface area contributed by atoms with Crippen LogP contribution in [0.1, 0.15) is 56.3 Å². The monoisotopic (exact) mass is 459 g/mol. The third-order valence-corrected chi connectivity index (χ3v) is 7.32. The fourth-order valence-electron chi connectivity index (χ4n) is 4.93. The van der Waals surface area contributed by atoms with E-state index >= 15 is 0 Å². The molecular formula is C25H37N3O5. The number of pyridine rings is 1. The summed E-state index contributed by atoms with van der Waals surface area (Å²) in [6.07, 6.45) is 6.36. The van der Waals surface area contributed by atoms with Gasteiger partial charge >= 0.3 is 5.97 Å². The molecule has 2 aliphatic heterocycles. The van der Waals surface area contributed by atoms with Crippen molar-refractivity contribution in [2.75, 3.05) is 40.4 Å². The summed E-state index contributed by atoms with van der Waals surface area (Å²) in [5, 5.41) is 0. The summed E-state index contributed by atoms with van der Waals surface area (Å²) in [6.45, 7) is 5.98. The lowest BCUT2D eigenvalue weighted by molar-refractivity contribution is -0.156. The first-order valence-corrected chi connectivity index (χ1v) is 11.9. The van der Waals surface area contributed by atoms with Crippen LogP contribution in [0.3, 0.4) is 0 Å². The normalized spacial score (nSPS) is 27.9. The Morgan fingerprint density at radius 1 is 1.24 bits per heavy atom. The van der Waals surface area contributed by atoms with Crippen molar-refractivity contribution in [2.45, 2.75) is 57.6 Å². The molecule has 1 spiro atoms. The molecule has 3 heterocycles. The number of amides is 1. The number of nitrogens with zero attached hydrogens (tertiary/aromatic N) is 3. The number of likely N-dealkylation sites (N-methyl/N-ethyl adjacent to an activating group) is 1. The van der Waals surface area contributed by atoms with Crippen LogP contribution >= 0.6 is 0 Å². The van der Waals surface area contributed by atoms with E-state index in [1.54, 1.807) is 38.6 Å². The lowest BCUT2D eigenvalue weighted by Crippen LogP contribution is -2.58. The van der Waals surface area contributed by atoms with Gasteiger partial charge in [0, 0.05) is 45.6 Å². The van der Waals surface area contributed by atoms with E-state index in [0.717, 1.165) is 13.0 Å². The Labute approximate surface area is 196 Å². The summed E-state index contributed by atoms with van der Waals surface area (Å²) >= 11 is 0. The highest BCUT2D eigenvalue weighted by molar-refractivity contribution is 5.98. The van der Waals surface area contributed by atoms with Crippen LogP contribution in [0.4, 0.5) is 0 Å². The number of hydrogen-bond donors (Lipinski definition) is 0. The van der Waals surface area contributed by atoms with Crippen LogP contribution in [-0.2, 0) is 19.1 Å². The first-order chi connectivity index (χ1) is 15.8. The Balaban J connectivity index is 1.76. The van der Waals surface area contributed by atoms with Crippen molar-refractivity contribution in [3.8, 4) is 0 Å². The standard InChI is InChI=1S/C25H37N3O5/c1-18-14-21(32-4)7-8-22(29)19(2)24(31)33-17-25(27(3)16-18)9-12-28(13-10-25)23(30)20-6-5-11-26-15-20/h5-6,11,15,18-19,21H,7-10,12-14,16-17H2,1-4H3. The predicted molar refractivity (Wildman–Crippen MR) is 124 cm³/mol. The summed E-state index contributed by atoms with van der Waals surface area (Å²) in [5.74, 6) is -1.04. The molecule has 1 aromatic rings. The van der Waals surface area contributed by atoms with Gasteiger partial charge in [-0.2, -0.15) is 0 Å². The van der Waals surface area contributed by atoms with Gasteiger partial charge in [-0.15, -0.1) is 0 Å². The molecule has 2 saturated heterocycles. The van der Waals surface area contributed by atoms with Crippen molar-refractivity contribution in [1.82, 2.24) is 14.8 Å². The number of rotatable bonds is 2. The van der Waals surface area contributed by atoms with Gasteiger partial charge in [-0.05, 0) is 57.7 Å². The highest BCUT2D eigenvalue weighted by Gasteiger charge is 2.42. The van der Waals surface area contributed by atoms with Crippen LogP contribution < -0.4 is 0 Å². The second-order valence-corrected chi connectivity index (χ2v) is 9.67. The summed E-state index contributed by atoms with van der Waals surface area (Å²) in [7, 11) is 3.75. The zero-order valence-corrected chi connectivity index (χ0v) is 20.3. The number of ketones is 1. The van der Waals surface area contributed by atoms with E-state index in [1.807, 2.05) is 4.90 Å². The Bertz CT molecular complexity index is 823. The van der Waals surface area contributed by atoms with Gasteiger partial charge in [0.1, 0.15) is 18.3 Å². The summed E-state index contributed by atoms with van der Waals surface area (Å²) in [5.41, 5.74) is 0.199. The first-order valence-electron chi connectivity index (χ1n) is 11.9. The summed E-state index contributed by atoms with van der Waals surface area (Å²) < 4.78 is 11.4. The van der Waals surface area contributed by atoms with E-state index in [9.17, 15) is 14.4 Å². The Morgan fingerprint density at radius 2 is 1.97 bits per heavy atom. The molecular weight excluding hydrogens is 422 g/mol. The van der Waals surface area contributed by atoms with Crippen LogP contribution in [0.2, 0.25) is 0 Å². The molecule has 8 nitrogen and oxygen atoms in total. The average molecular weight is 460 g/mol. The molecule has 3 atom stereocenters. The van der Waals surface area contributed by atoms with Crippen molar-refractivity contribution >= 4 is 17.7 Å². The SMILES string of the molecule is COC1CCC(=O)C(C)C(=O)OCC2(CCN(C(=O)c3cccnc3)CC2)N(C)CC(C)C1. The van der Waals surface area contributed by atoms with Gasteiger partial charge in [0.15, 0.2) is 0 Å². The molecule has 2 aliphatic rings. The number of aromatic nitrogens is 1. The molecule has 0 saturated carbocycles. The number of Topliss-reactive ketones (excluding diaryl/α,β-unsaturated/α-hetero) is 1. The first kappa shape index (κ1) is 25.3. The van der Waals surface area contributed by atoms with Crippen molar-refractivity contribution in [1.29, 1.82) is 0 Å². The van der Waals surface area contributed by atoms with E-state index < -0.39 is 11.9 Å². The molecule has 33 heavy (non-hydrogen) atoms. The number of ether oxygens (including phenoxy) is 2. The second-order valence-electron chi connectivity index (χ2n) is 9.67. The molecule has 0 aliphatic carbocycles. The largest absolute Gasteiger partial charge is 0.463 e. The molecule has 2 fully saturated rings. The minimum Gasteiger partial charge on any atom is -0.463 e. The highest BCUT2D eigenvalue weighted by Crippen LogP contribution is 2.31. The maximum atomic E-state index is 12.9. The number of carbonyl (C=O) groups excluding carboxylic acids is 3. The molecule has 8 heteroatoms. The molecule has 0 bridgehead atoms. The van der Waals surface area contributed by atoms with E-state index in [2.05, 4.69) is 23.9 Å². The lowest BCUT2D eigenvalue weighted by Gasteiger charge is -2.47.